The second-order valence-electron chi connectivity index (χ2n) is 6.02. The van der Waals surface area contributed by atoms with E-state index < -0.39 is 0 Å². The number of halogens is 1. The van der Waals surface area contributed by atoms with Crippen molar-refractivity contribution in [2.75, 3.05) is 20.6 Å². The van der Waals surface area contributed by atoms with Crippen LogP contribution in [0.4, 0.5) is 0 Å². The van der Waals surface area contributed by atoms with Gasteiger partial charge in [0.25, 0.3) is 0 Å². The Bertz CT molecular complexity index is 601. The third kappa shape index (κ3) is 8.20. The standard InChI is InChI=1S/C19H28N4S.HI/c1-16(23(3)14-17-7-5-4-6-8-17)9-11-21-19(20-2)22-13-18-10-12-24-15-18;/h4-8,10,12,15-16H,9,11,13-14H2,1-3H3,(H2,20,21,22);1H. The molecule has 138 valence electrons. The minimum Gasteiger partial charge on any atom is -0.356 e. The summed E-state index contributed by atoms with van der Waals surface area (Å²) in [5, 5.41) is 11.0. The lowest BCUT2D eigenvalue weighted by Crippen LogP contribution is -2.39. The van der Waals surface area contributed by atoms with E-state index >= 15 is 0 Å². The quantitative estimate of drug-likeness (QED) is 0.348. The van der Waals surface area contributed by atoms with Crippen LogP contribution in [0, 0.1) is 0 Å². The lowest BCUT2D eigenvalue weighted by atomic mass is 10.1. The van der Waals surface area contributed by atoms with Crippen LogP contribution >= 0.6 is 35.3 Å². The molecule has 0 spiro atoms. The molecule has 0 aliphatic rings. The normalized spacial score (nSPS) is 12.6. The highest BCUT2D eigenvalue weighted by molar-refractivity contribution is 14.0. The van der Waals surface area contributed by atoms with Gasteiger partial charge in [-0.1, -0.05) is 30.3 Å². The molecule has 25 heavy (non-hydrogen) atoms. The van der Waals surface area contributed by atoms with Crippen molar-refractivity contribution >= 4 is 41.3 Å². The van der Waals surface area contributed by atoms with E-state index in [0.29, 0.717) is 6.04 Å². The smallest absolute Gasteiger partial charge is 0.191 e. The summed E-state index contributed by atoms with van der Waals surface area (Å²) in [6.45, 7) is 4.97. The summed E-state index contributed by atoms with van der Waals surface area (Å²) >= 11 is 1.72. The molecular weight excluding hydrogens is 443 g/mol. The van der Waals surface area contributed by atoms with E-state index in [-0.39, 0.29) is 24.0 Å². The maximum atomic E-state index is 4.28. The lowest BCUT2D eigenvalue weighted by Gasteiger charge is -2.25. The van der Waals surface area contributed by atoms with Crippen LogP contribution in [0.3, 0.4) is 0 Å². The average Bonchev–Trinajstić information content (AvgIpc) is 3.12. The van der Waals surface area contributed by atoms with Crippen LogP contribution in [0.15, 0.2) is 52.2 Å². The molecule has 2 aromatic rings. The SMILES string of the molecule is CN=C(NCCC(C)N(C)Cc1ccccc1)NCc1ccsc1.I. The van der Waals surface area contributed by atoms with Gasteiger partial charge in [0.05, 0.1) is 0 Å². The molecular formula is C19H29IN4S. The molecule has 2 rings (SSSR count). The molecule has 6 heteroatoms. The Morgan fingerprint density at radius 1 is 1.16 bits per heavy atom. The van der Waals surface area contributed by atoms with Gasteiger partial charge >= 0.3 is 0 Å². The molecule has 0 radical (unpaired) electrons. The second-order valence-corrected chi connectivity index (χ2v) is 6.80. The second kappa shape index (κ2) is 12.3. The molecule has 0 saturated heterocycles. The molecule has 0 aliphatic heterocycles. The van der Waals surface area contributed by atoms with Crippen molar-refractivity contribution in [2.24, 2.45) is 4.99 Å². The topological polar surface area (TPSA) is 39.7 Å². The molecule has 1 heterocycles. The van der Waals surface area contributed by atoms with Gasteiger partial charge in [0.15, 0.2) is 5.96 Å². The largest absolute Gasteiger partial charge is 0.356 e. The Morgan fingerprint density at radius 2 is 1.92 bits per heavy atom. The first-order valence-electron chi connectivity index (χ1n) is 8.39. The van der Waals surface area contributed by atoms with Gasteiger partial charge in [0.2, 0.25) is 0 Å². The van der Waals surface area contributed by atoms with Gasteiger partial charge < -0.3 is 10.6 Å². The predicted octanol–water partition coefficient (Wildman–Crippen LogP) is 3.94. The third-order valence-corrected chi connectivity index (χ3v) is 4.88. The molecule has 1 atom stereocenters. The summed E-state index contributed by atoms with van der Waals surface area (Å²) in [6, 6.07) is 13.2. The minimum atomic E-state index is 0. The van der Waals surface area contributed by atoms with E-state index in [4.69, 9.17) is 0 Å². The summed E-state index contributed by atoms with van der Waals surface area (Å²) in [6.07, 6.45) is 1.07. The molecule has 0 amide bonds. The van der Waals surface area contributed by atoms with Crippen molar-refractivity contribution in [1.82, 2.24) is 15.5 Å². The van der Waals surface area contributed by atoms with E-state index in [2.05, 4.69) is 81.7 Å². The van der Waals surface area contributed by atoms with Crippen molar-refractivity contribution in [3.05, 3.63) is 58.3 Å². The van der Waals surface area contributed by atoms with Gasteiger partial charge in [-0.15, -0.1) is 24.0 Å². The highest BCUT2D eigenvalue weighted by Gasteiger charge is 2.09. The molecule has 0 fully saturated rings. The van der Waals surface area contributed by atoms with E-state index in [1.807, 2.05) is 7.05 Å². The van der Waals surface area contributed by atoms with Gasteiger partial charge in [-0.3, -0.25) is 9.89 Å². The Hall–Kier alpha value is -1.12. The number of thiophene rings is 1. The monoisotopic (exact) mass is 472 g/mol. The summed E-state index contributed by atoms with van der Waals surface area (Å²) in [7, 11) is 4.00. The first-order valence-corrected chi connectivity index (χ1v) is 9.33. The van der Waals surface area contributed by atoms with Crippen molar-refractivity contribution < 1.29 is 0 Å². The summed E-state index contributed by atoms with van der Waals surface area (Å²) < 4.78 is 0. The van der Waals surface area contributed by atoms with Crippen LogP contribution in [-0.2, 0) is 13.1 Å². The number of aliphatic imine (C=N–C) groups is 1. The lowest BCUT2D eigenvalue weighted by molar-refractivity contribution is 0.238. The Labute approximate surface area is 172 Å². The first-order chi connectivity index (χ1) is 11.7. The van der Waals surface area contributed by atoms with Crippen LogP contribution in [0.25, 0.3) is 0 Å². The molecule has 1 unspecified atom stereocenters. The van der Waals surface area contributed by atoms with Gasteiger partial charge in [-0.05, 0) is 48.3 Å². The van der Waals surface area contributed by atoms with Gasteiger partial charge in [-0.2, -0.15) is 11.3 Å². The molecule has 0 aliphatic carbocycles. The first kappa shape index (κ1) is 21.9. The van der Waals surface area contributed by atoms with Crippen molar-refractivity contribution in [3.63, 3.8) is 0 Å². The van der Waals surface area contributed by atoms with Crippen molar-refractivity contribution in [3.8, 4) is 0 Å². The summed E-state index contributed by atoms with van der Waals surface area (Å²) in [5.41, 5.74) is 2.65. The number of rotatable bonds is 8. The Kier molecular flexibility index (Phi) is 10.8. The highest BCUT2D eigenvalue weighted by atomic mass is 127. The van der Waals surface area contributed by atoms with Crippen LogP contribution in [-0.4, -0.2) is 37.5 Å². The van der Waals surface area contributed by atoms with Crippen LogP contribution in [0.2, 0.25) is 0 Å². The van der Waals surface area contributed by atoms with Crippen LogP contribution < -0.4 is 10.6 Å². The van der Waals surface area contributed by atoms with Gasteiger partial charge in [-0.25, -0.2) is 0 Å². The summed E-state index contributed by atoms with van der Waals surface area (Å²) in [5.74, 6) is 0.860. The predicted molar refractivity (Wildman–Crippen MR) is 120 cm³/mol. The zero-order chi connectivity index (χ0) is 17.2. The van der Waals surface area contributed by atoms with Crippen LogP contribution in [0.5, 0.6) is 0 Å². The third-order valence-electron chi connectivity index (χ3n) is 4.15. The van der Waals surface area contributed by atoms with E-state index in [1.54, 1.807) is 11.3 Å². The number of nitrogens with zero attached hydrogens (tertiary/aromatic N) is 2. The fraction of sp³-hybridized carbons (Fsp3) is 0.421. The van der Waals surface area contributed by atoms with E-state index in [0.717, 1.165) is 32.0 Å². The number of benzene rings is 1. The molecule has 1 aromatic heterocycles. The summed E-state index contributed by atoms with van der Waals surface area (Å²) in [4.78, 5) is 6.67. The Morgan fingerprint density at radius 3 is 2.56 bits per heavy atom. The average molecular weight is 472 g/mol. The fourth-order valence-corrected chi connectivity index (χ4v) is 3.12. The molecule has 2 N–H and O–H groups in total. The highest BCUT2D eigenvalue weighted by Crippen LogP contribution is 2.08. The van der Waals surface area contributed by atoms with Crippen LogP contribution in [0.1, 0.15) is 24.5 Å². The number of hydrogen-bond donors (Lipinski definition) is 2. The minimum absolute atomic E-state index is 0. The van der Waals surface area contributed by atoms with Crippen molar-refractivity contribution in [1.29, 1.82) is 0 Å². The molecule has 0 bridgehead atoms. The molecule has 4 nitrogen and oxygen atoms in total. The van der Waals surface area contributed by atoms with E-state index in [9.17, 15) is 0 Å². The van der Waals surface area contributed by atoms with Gasteiger partial charge in [0, 0.05) is 32.7 Å². The zero-order valence-electron chi connectivity index (χ0n) is 15.2. The van der Waals surface area contributed by atoms with E-state index in [1.165, 1.54) is 11.1 Å². The molecule has 0 saturated carbocycles. The maximum absolute atomic E-state index is 4.28. The number of guanidine groups is 1. The van der Waals surface area contributed by atoms with Crippen molar-refractivity contribution in [2.45, 2.75) is 32.5 Å². The fourth-order valence-electron chi connectivity index (χ4n) is 2.45. The zero-order valence-corrected chi connectivity index (χ0v) is 18.4. The van der Waals surface area contributed by atoms with Gasteiger partial charge in [0.1, 0.15) is 0 Å². The maximum Gasteiger partial charge on any atom is 0.191 e. The Balaban J connectivity index is 0.00000312. The number of hydrogen-bond acceptors (Lipinski definition) is 3. The number of nitrogens with one attached hydrogen (secondary N) is 2. The molecule has 1 aromatic carbocycles.